The molecule has 2 N–H and O–H groups in total. The summed E-state index contributed by atoms with van der Waals surface area (Å²) in [5.41, 5.74) is 0. The lowest BCUT2D eigenvalue weighted by atomic mass is 10.0. The summed E-state index contributed by atoms with van der Waals surface area (Å²) in [6.45, 7) is 8.32. The third-order valence-electron chi connectivity index (χ3n) is 4.29. The van der Waals surface area contributed by atoms with Crippen molar-refractivity contribution >= 4 is 35.8 Å². The summed E-state index contributed by atoms with van der Waals surface area (Å²) in [4.78, 5) is 17.6. The number of amides is 1. The van der Waals surface area contributed by atoms with E-state index in [0.717, 1.165) is 71.8 Å². The van der Waals surface area contributed by atoms with Crippen molar-refractivity contribution in [2.45, 2.75) is 32.6 Å². The molecule has 1 amide bonds. The van der Waals surface area contributed by atoms with Gasteiger partial charge < -0.3 is 29.7 Å². The van der Waals surface area contributed by atoms with Gasteiger partial charge in [0.1, 0.15) is 6.54 Å². The van der Waals surface area contributed by atoms with Crippen LogP contribution in [0.2, 0.25) is 0 Å². The van der Waals surface area contributed by atoms with E-state index in [1.165, 1.54) is 0 Å². The van der Waals surface area contributed by atoms with E-state index in [1.807, 2.05) is 6.92 Å². The lowest BCUT2D eigenvalue weighted by molar-refractivity contribution is -0.127. The molecule has 1 fully saturated rings. The zero-order valence-corrected chi connectivity index (χ0v) is 20.0. The van der Waals surface area contributed by atoms with Gasteiger partial charge in [-0.25, -0.2) is 4.99 Å². The van der Waals surface area contributed by atoms with E-state index in [0.29, 0.717) is 18.5 Å². The number of likely N-dealkylation sites (N-methyl/N-ethyl adjacent to an activating group) is 1. The Morgan fingerprint density at radius 3 is 2.29 bits per heavy atom. The topological polar surface area (TPSA) is 84.4 Å². The highest BCUT2D eigenvalue weighted by molar-refractivity contribution is 14.0. The van der Waals surface area contributed by atoms with Gasteiger partial charge in [-0.15, -0.1) is 24.0 Å². The van der Waals surface area contributed by atoms with Crippen molar-refractivity contribution in [3.05, 3.63) is 0 Å². The summed E-state index contributed by atoms with van der Waals surface area (Å²) >= 11 is 0. The van der Waals surface area contributed by atoms with Crippen molar-refractivity contribution in [2.24, 2.45) is 10.9 Å². The fourth-order valence-corrected chi connectivity index (χ4v) is 2.53. The van der Waals surface area contributed by atoms with Crippen molar-refractivity contribution < 1.29 is 19.0 Å². The fourth-order valence-electron chi connectivity index (χ4n) is 2.53. The van der Waals surface area contributed by atoms with Gasteiger partial charge >= 0.3 is 0 Å². The highest BCUT2D eigenvalue weighted by Crippen LogP contribution is 2.14. The molecule has 1 aliphatic heterocycles. The highest BCUT2D eigenvalue weighted by Gasteiger charge is 2.13. The van der Waals surface area contributed by atoms with Crippen LogP contribution < -0.4 is 10.6 Å². The molecular formula is C19H39IN4O4. The number of hydrogen-bond donors (Lipinski definition) is 2. The highest BCUT2D eigenvalue weighted by atomic mass is 127. The lowest BCUT2D eigenvalue weighted by Gasteiger charge is -2.21. The van der Waals surface area contributed by atoms with Crippen molar-refractivity contribution in [2.75, 3.05) is 73.4 Å². The van der Waals surface area contributed by atoms with Gasteiger partial charge in [-0.05, 0) is 38.5 Å². The second-order valence-electron chi connectivity index (χ2n) is 6.84. The third-order valence-corrected chi connectivity index (χ3v) is 4.29. The van der Waals surface area contributed by atoms with Crippen molar-refractivity contribution in [1.82, 2.24) is 15.5 Å². The van der Waals surface area contributed by atoms with Gasteiger partial charge in [0.25, 0.3) is 0 Å². The van der Waals surface area contributed by atoms with Gasteiger partial charge in [-0.1, -0.05) is 0 Å². The maximum Gasteiger partial charge on any atom is 0.243 e. The Kier molecular flexibility index (Phi) is 18.0. The van der Waals surface area contributed by atoms with Crippen LogP contribution in [0.1, 0.15) is 32.6 Å². The van der Waals surface area contributed by atoms with Crippen LogP contribution >= 0.6 is 24.0 Å². The number of ether oxygens (including phenoxy) is 3. The van der Waals surface area contributed by atoms with Gasteiger partial charge in [0.15, 0.2) is 5.96 Å². The first kappa shape index (κ1) is 27.4. The maximum atomic E-state index is 11.7. The van der Waals surface area contributed by atoms with Crippen LogP contribution in [0.15, 0.2) is 4.99 Å². The second-order valence-corrected chi connectivity index (χ2v) is 6.84. The molecule has 1 aliphatic rings. The standard InChI is InChI=1S/C19H38N4O4.HI/c1-4-25-11-5-9-20-19(22-15-18(24)23(2)3)21-10-6-12-27-16-17-7-13-26-14-8-17;/h17H,4-16H2,1-3H3,(H2,20,21,22);1H. The monoisotopic (exact) mass is 514 g/mol. The molecule has 28 heavy (non-hydrogen) atoms. The molecule has 0 aromatic carbocycles. The Labute approximate surface area is 187 Å². The number of nitrogens with zero attached hydrogens (tertiary/aromatic N) is 2. The van der Waals surface area contributed by atoms with Gasteiger partial charge in [0.2, 0.25) is 5.91 Å². The van der Waals surface area contributed by atoms with E-state index in [1.54, 1.807) is 19.0 Å². The van der Waals surface area contributed by atoms with E-state index in [2.05, 4.69) is 15.6 Å². The average molecular weight is 514 g/mol. The lowest BCUT2D eigenvalue weighted by Crippen LogP contribution is -2.40. The predicted octanol–water partition coefficient (Wildman–Crippen LogP) is 1.49. The van der Waals surface area contributed by atoms with Crippen LogP contribution in [0.5, 0.6) is 0 Å². The van der Waals surface area contributed by atoms with E-state index in [9.17, 15) is 4.79 Å². The molecule has 0 atom stereocenters. The number of aliphatic imine (C=N–C) groups is 1. The predicted molar refractivity (Wildman–Crippen MR) is 123 cm³/mol. The first-order valence-electron chi connectivity index (χ1n) is 10.1. The minimum absolute atomic E-state index is 0. The van der Waals surface area contributed by atoms with Crippen LogP contribution in [0, 0.1) is 5.92 Å². The number of rotatable bonds is 13. The molecule has 1 saturated heterocycles. The number of hydrogen-bond acceptors (Lipinski definition) is 5. The van der Waals surface area contributed by atoms with Crippen molar-refractivity contribution in [3.63, 3.8) is 0 Å². The zero-order valence-electron chi connectivity index (χ0n) is 17.7. The van der Waals surface area contributed by atoms with Gasteiger partial charge in [0.05, 0.1) is 0 Å². The molecular weight excluding hydrogens is 475 g/mol. The molecule has 0 aliphatic carbocycles. The molecule has 0 aromatic heterocycles. The van der Waals surface area contributed by atoms with Crippen LogP contribution in [-0.2, 0) is 19.0 Å². The normalized spacial score (nSPS) is 15.0. The minimum atomic E-state index is -0.0230. The summed E-state index contributed by atoms with van der Waals surface area (Å²) < 4.78 is 16.5. The van der Waals surface area contributed by atoms with Crippen molar-refractivity contribution in [1.29, 1.82) is 0 Å². The number of halogens is 1. The van der Waals surface area contributed by atoms with Crippen LogP contribution in [0.3, 0.4) is 0 Å². The van der Waals surface area contributed by atoms with Gasteiger partial charge in [0, 0.05) is 66.8 Å². The number of carbonyl (C=O) groups is 1. The van der Waals surface area contributed by atoms with Crippen LogP contribution in [-0.4, -0.2) is 90.1 Å². The minimum Gasteiger partial charge on any atom is -0.382 e. The second kappa shape index (κ2) is 18.4. The Bertz CT molecular complexity index is 419. The van der Waals surface area contributed by atoms with Crippen LogP contribution in [0.25, 0.3) is 0 Å². The number of nitrogens with one attached hydrogen (secondary N) is 2. The summed E-state index contributed by atoms with van der Waals surface area (Å²) in [5, 5.41) is 6.52. The maximum absolute atomic E-state index is 11.7. The number of guanidine groups is 1. The quantitative estimate of drug-likeness (QED) is 0.168. The van der Waals surface area contributed by atoms with E-state index < -0.39 is 0 Å². The van der Waals surface area contributed by atoms with Gasteiger partial charge in [-0.3, -0.25) is 4.79 Å². The Hall–Kier alpha value is -0.650. The molecule has 1 rings (SSSR count). The average Bonchev–Trinajstić information content (AvgIpc) is 2.68. The van der Waals surface area contributed by atoms with Crippen LogP contribution in [0.4, 0.5) is 0 Å². The molecule has 0 saturated carbocycles. The first-order chi connectivity index (χ1) is 13.1. The Morgan fingerprint density at radius 2 is 1.71 bits per heavy atom. The molecule has 0 radical (unpaired) electrons. The Morgan fingerprint density at radius 1 is 1.11 bits per heavy atom. The molecule has 0 unspecified atom stereocenters. The SMILES string of the molecule is CCOCCCNC(=NCC(=O)N(C)C)NCCCOCC1CCOCC1.I. The summed E-state index contributed by atoms with van der Waals surface area (Å²) in [6, 6.07) is 0. The molecule has 9 heteroatoms. The van der Waals surface area contributed by atoms with E-state index in [-0.39, 0.29) is 36.4 Å². The molecule has 8 nitrogen and oxygen atoms in total. The van der Waals surface area contributed by atoms with Crippen molar-refractivity contribution in [3.8, 4) is 0 Å². The Balaban J connectivity index is 0.00000729. The fraction of sp³-hybridized carbons (Fsp3) is 0.895. The molecule has 0 spiro atoms. The summed E-state index contributed by atoms with van der Waals surface area (Å²) in [5.74, 6) is 1.27. The smallest absolute Gasteiger partial charge is 0.243 e. The zero-order chi connectivity index (χ0) is 19.7. The third kappa shape index (κ3) is 14.4. The molecule has 166 valence electrons. The number of carbonyl (C=O) groups excluding carboxylic acids is 1. The molecule has 1 heterocycles. The summed E-state index contributed by atoms with van der Waals surface area (Å²) in [7, 11) is 3.46. The summed E-state index contributed by atoms with van der Waals surface area (Å²) in [6.07, 6.45) is 3.98. The van der Waals surface area contributed by atoms with E-state index in [4.69, 9.17) is 14.2 Å². The van der Waals surface area contributed by atoms with Gasteiger partial charge in [-0.2, -0.15) is 0 Å². The molecule has 0 aromatic rings. The first-order valence-corrected chi connectivity index (χ1v) is 10.1. The van der Waals surface area contributed by atoms with E-state index >= 15 is 0 Å². The molecule has 0 bridgehead atoms. The largest absolute Gasteiger partial charge is 0.382 e.